The molecule has 126 valence electrons. The third-order valence-electron chi connectivity index (χ3n) is 3.70. The van der Waals surface area contributed by atoms with Gasteiger partial charge in [0.15, 0.2) is 6.10 Å². The lowest BCUT2D eigenvalue weighted by atomic mass is 10.2. The van der Waals surface area contributed by atoms with Crippen LogP contribution in [-0.2, 0) is 14.8 Å². The number of fused-ring (bicyclic) bond motifs is 1. The zero-order valence-corrected chi connectivity index (χ0v) is 13.7. The molecular weight excluding hydrogens is 332 g/mol. The average Bonchev–Trinajstić information content (AvgIpc) is 2.60. The highest BCUT2D eigenvalue weighted by Crippen LogP contribution is 2.36. The number of ether oxygens (including phenoxy) is 2. The van der Waals surface area contributed by atoms with E-state index in [1.54, 1.807) is 36.4 Å². The number of amides is 1. The van der Waals surface area contributed by atoms with E-state index in [2.05, 4.69) is 0 Å². The fourth-order valence-electron chi connectivity index (χ4n) is 2.45. The number of nitrogens with two attached hydrogens (primary N) is 1. The van der Waals surface area contributed by atoms with Gasteiger partial charge >= 0.3 is 0 Å². The second kappa shape index (κ2) is 6.04. The van der Waals surface area contributed by atoms with Crippen LogP contribution in [0.2, 0.25) is 0 Å². The molecule has 2 aromatic rings. The maximum atomic E-state index is 13.0. The van der Waals surface area contributed by atoms with Crippen molar-refractivity contribution in [2.75, 3.05) is 18.0 Å². The number of para-hydroxylation sites is 2. The van der Waals surface area contributed by atoms with Gasteiger partial charge in [0.2, 0.25) is 0 Å². The van der Waals surface area contributed by atoms with Gasteiger partial charge in [0.05, 0.1) is 24.2 Å². The van der Waals surface area contributed by atoms with Crippen molar-refractivity contribution in [3.8, 4) is 11.5 Å². The van der Waals surface area contributed by atoms with E-state index in [-0.39, 0.29) is 11.4 Å². The van der Waals surface area contributed by atoms with Crippen LogP contribution in [0.5, 0.6) is 11.5 Å². The molecule has 3 rings (SSSR count). The Bertz CT molecular complexity index is 864. The minimum Gasteiger partial charge on any atom is -0.497 e. The Morgan fingerprint density at radius 1 is 1.21 bits per heavy atom. The van der Waals surface area contributed by atoms with E-state index in [0.717, 1.165) is 4.31 Å². The second-order valence-electron chi connectivity index (χ2n) is 5.19. The summed E-state index contributed by atoms with van der Waals surface area (Å²) in [5.74, 6) is 0.121. The van der Waals surface area contributed by atoms with Crippen molar-refractivity contribution in [1.29, 1.82) is 0 Å². The summed E-state index contributed by atoms with van der Waals surface area (Å²) in [5, 5.41) is 0. The predicted molar refractivity (Wildman–Crippen MR) is 87.6 cm³/mol. The van der Waals surface area contributed by atoms with Crippen LogP contribution in [0.4, 0.5) is 5.69 Å². The van der Waals surface area contributed by atoms with E-state index in [0.29, 0.717) is 17.2 Å². The van der Waals surface area contributed by atoms with Crippen LogP contribution in [-0.4, -0.2) is 34.1 Å². The molecule has 1 aliphatic heterocycles. The standard InChI is InChI=1S/C16H16N2O5S/c1-22-11-6-8-12(9-7-11)24(20,21)18-10-15(16(17)19)23-14-5-3-2-4-13(14)18/h2-9,15H,10H2,1H3,(H2,17,19). The number of nitrogens with zero attached hydrogens (tertiary/aromatic N) is 1. The fraction of sp³-hybridized carbons (Fsp3) is 0.188. The van der Waals surface area contributed by atoms with E-state index < -0.39 is 22.0 Å². The van der Waals surface area contributed by atoms with Gasteiger partial charge in [-0.3, -0.25) is 9.10 Å². The number of hydrogen-bond acceptors (Lipinski definition) is 5. The second-order valence-corrected chi connectivity index (χ2v) is 7.05. The molecule has 8 heteroatoms. The van der Waals surface area contributed by atoms with Crippen LogP contribution in [0.25, 0.3) is 0 Å². The Labute approximate surface area is 139 Å². The summed E-state index contributed by atoms with van der Waals surface area (Å²) in [6.45, 7) is -0.180. The van der Waals surface area contributed by atoms with Crippen LogP contribution in [0, 0.1) is 0 Å². The molecule has 2 aromatic carbocycles. The number of methoxy groups -OCH3 is 1. The van der Waals surface area contributed by atoms with E-state index >= 15 is 0 Å². The Morgan fingerprint density at radius 2 is 1.88 bits per heavy atom. The maximum absolute atomic E-state index is 13.0. The number of primary amides is 1. The molecule has 0 aromatic heterocycles. The van der Waals surface area contributed by atoms with Gasteiger partial charge in [0.25, 0.3) is 15.9 Å². The van der Waals surface area contributed by atoms with Crippen LogP contribution in [0.1, 0.15) is 0 Å². The number of sulfonamides is 1. The lowest BCUT2D eigenvalue weighted by molar-refractivity contribution is -0.124. The summed E-state index contributed by atoms with van der Waals surface area (Å²) in [7, 11) is -2.38. The topological polar surface area (TPSA) is 98.9 Å². The van der Waals surface area contributed by atoms with Gasteiger partial charge in [-0.05, 0) is 36.4 Å². The molecular formula is C16H16N2O5S. The first-order chi connectivity index (χ1) is 11.4. The minimum absolute atomic E-state index is 0.0863. The van der Waals surface area contributed by atoms with E-state index in [1.165, 1.54) is 19.2 Å². The van der Waals surface area contributed by atoms with Crippen molar-refractivity contribution in [3.63, 3.8) is 0 Å². The van der Waals surface area contributed by atoms with E-state index in [4.69, 9.17) is 15.2 Å². The molecule has 2 N–H and O–H groups in total. The summed E-state index contributed by atoms with van der Waals surface area (Å²) in [5.41, 5.74) is 5.67. The van der Waals surface area contributed by atoms with Crippen LogP contribution < -0.4 is 19.5 Å². The van der Waals surface area contributed by atoms with Crippen molar-refractivity contribution in [2.45, 2.75) is 11.0 Å². The highest BCUT2D eigenvalue weighted by molar-refractivity contribution is 7.92. The molecule has 0 bridgehead atoms. The first-order valence-electron chi connectivity index (χ1n) is 7.15. The summed E-state index contributed by atoms with van der Waals surface area (Å²) < 4.78 is 37.7. The highest BCUT2D eigenvalue weighted by Gasteiger charge is 2.36. The van der Waals surface area contributed by atoms with Gasteiger partial charge in [-0.1, -0.05) is 12.1 Å². The molecule has 1 heterocycles. The Balaban J connectivity index is 2.06. The van der Waals surface area contributed by atoms with E-state index in [1.807, 2.05) is 0 Å². The first kappa shape index (κ1) is 16.1. The lowest BCUT2D eigenvalue weighted by Gasteiger charge is -2.34. The summed E-state index contributed by atoms with van der Waals surface area (Å²) in [6, 6.07) is 12.6. The molecule has 0 aliphatic carbocycles. The Kier molecular flexibility index (Phi) is 4.06. The zero-order valence-electron chi connectivity index (χ0n) is 12.9. The third kappa shape index (κ3) is 2.76. The molecule has 1 unspecified atom stereocenters. The van der Waals surface area contributed by atoms with Crippen LogP contribution in [0.3, 0.4) is 0 Å². The number of hydrogen-bond donors (Lipinski definition) is 1. The summed E-state index contributed by atoms with van der Waals surface area (Å²) in [6.07, 6.45) is -1.05. The van der Waals surface area contributed by atoms with Gasteiger partial charge in [-0.2, -0.15) is 0 Å². The van der Waals surface area contributed by atoms with Gasteiger partial charge in [-0.15, -0.1) is 0 Å². The molecule has 7 nitrogen and oxygen atoms in total. The van der Waals surface area contributed by atoms with Crippen molar-refractivity contribution in [3.05, 3.63) is 48.5 Å². The number of carbonyl (C=O) groups excluding carboxylic acids is 1. The number of carbonyl (C=O) groups is 1. The minimum atomic E-state index is -3.88. The average molecular weight is 348 g/mol. The highest BCUT2D eigenvalue weighted by atomic mass is 32.2. The van der Waals surface area contributed by atoms with Gasteiger partial charge < -0.3 is 15.2 Å². The van der Waals surface area contributed by atoms with E-state index in [9.17, 15) is 13.2 Å². The SMILES string of the molecule is COc1ccc(S(=O)(=O)N2CC(C(N)=O)Oc3ccccc32)cc1. The van der Waals surface area contributed by atoms with Gasteiger partial charge in [-0.25, -0.2) is 8.42 Å². The molecule has 0 fully saturated rings. The molecule has 0 radical (unpaired) electrons. The van der Waals surface area contributed by atoms with Crippen LogP contribution >= 0.6 is 0 Å². The lowest BCUT2D eigenvalue weighted by Crippen LogP contribution is -2.49. The van der Waals surface area contributed by atoms with Crippen molar-refractivity contribution >= 4 is 21.6 Å². The number of benzene rings is 2. The first-order valence-corrected chi connectivity index (χ1v) is 8.59. The number of rotatable bonds is 4. The Hall–Kier alpha value is -2.74. The summed E-state index contributed by atoms with van der Waals surface area (Å²) in [4.78, 5) is 11.6. The van der Waals surface area contributed by atoms with Gasteiger partial charge in [0, 0.05) is 0 Å². The number of anilines is 1. The van der Waals surface area contributed by atoms with Crippen molar-refractivity contribution in [2.24, 2.45) is 5.73 Å². The zero-order chi connectivity index (χ0) is 17.3. The maximum Gasteiger partial charge on any atom is 0.264 e. The van der Waals surface area contributed by atoms with Gasteiger partial charge in [0.1, 0.15) is 11.5 Å². The quantitative estimate of drug-likeness (QED) is 0.893. The van der Waals surface area contributed by atoms with Crippen LogP contribution in [0.15, 0.2) is 53.4 Å². The molecule has 1 atom stereocenters. The molecule has 0 saturated heterocycles. The van der Waals surface area contributed by atoms with Crippen molar-refractivity contribution in [1.82, 2.24) is 0 Å². The molecule has 1 amide bonds. The molecule has 0 spiro atoms. The largest absolute Gasteiger partial charge is 0.497 e. The monoisotopic (exact) mass is 348 g/mol. The predicted octanol–water partition coefficient (Wildman–Crippen LogP) is 1.14. The smallest absolute Gasteiger partial charge is 0.264 e. The molecule has 1 aliphatic rings. The molecule has 24 heavy (non-hydrogen) atoms. The van der Waals surface area contributed by atoms with Crippen molar-refractivity contribution < 1.29 is 22.7 Å². The summed E-state index contributed by atoms with van der Waals surface area (Å²) >= 11 is 0. The third-order valence-corrected chi connectivity index (χ3v) is 5.49. The normalized spacial score (nSPS) is 16.9. The fourth-order valence-corrected chi connectivity index (χ4v) is 3.93. The Morgan fingerprint density at radius 3 is 2.50 bits per heavy atom. The molecule has 0 saturated carbocycles.